The van der Waals surface area contributed by atoms with E-state index < -0.39 is 15.9 Å². The van der Waals surface area contributed by atoms with E-state index in [0.29, 0.717) is 22.0 Å². The van der Waals surface area contributed by atoms with Gasteiger partial charge in [-0.05, 0) is 55.0 Å². The number of amides is 1. The lowest BCUT2D eigenvalue weighted by Gasteiger charge is -2.28. The molecule has 2 aromatic carbocycles. The van der Waals surface area contributed by atoms with Crippen LogP contribution in [-0.4, -0.2) is 33.2 Å². The molecule has 1 amide bonds. The molecule has 3 rings (SSSR count). The van der Waals surface area contributed by atoms with Gasteiger partial charge in [-0.1, -0.05) is 17.7 Å². The maximum absolute atomic E-state index is 13.2. The Morgan fingerprint density at radius 1 is 1.19 bits per heavy atom. The van der Waals surface area contributed by atoms with Gasteiger partial charge in [0.25, 0.3) is 5.91 Å². The molecule has 1 aliphatic heterocycles. The Balaban J connectivity index is 2.03. The van der Waals surface area contributed by atoms with Crippen LogP contribution in [-0.2, 0) is 9.84 Å². The van der Waals surface area contributed by atoms with Crippen molar-refractivity contribution < 1.29 is 17.9 Å². The van der Waals surface area contributed by atoms with Crippen LogP contribution in [0.3, 0.4) is 0 Å². The van der Waals surface area contributed by atoms with Crippen LogP contribution >= 0.6 is 11.6 Å². The van der Waals surface area contributed by atoms with Crippen molar-refractivity contribution in [3.05, 3.63) is 70.1 Å². The molecule has 0 saturated heterocycles. The lowest BCUT2D eigenvalue weighted by molar-refractivity contribution is 0.0983. The summed E-state index contributed by atoms with van der Waals surface area (Å²) < 4.78 is 28.9. The third kappa shape index (κ3) is 3.76. The Hall–Kier alpha value is -2.31. The van der Waals surface area contributed by atoms with Gasteiger partial charge >= 0.3 is 0 Å². The van der Waals surface area contributed by atoms with Crippen molar-refractivity contribution in [2.75, 3.05) is 17.8 Å². The monoisotopic (exact) mass is 391 g/mol. The molecule has 0 aromatic heterocycles. The molecule has 0 radical (unpaired) electrons. The first-order chi connectivity index (χ1) is 12.3. The summed E-state index contributed by atoms with van der Waals surface area (Å²) in [6, 6.07) is 11.3. The molecule has 0 fully saturated rings. The number of rotatable bonds is 4. The van der Waals surface area contributed by atoms with Crippen LogP contribution < -0.4 is 9.64 Å². The van der Waals surface area contributed by atoms with Crippen molar-refractivity contribution in [1.82, 2.24) is 0 Å². The van der Waals surface area contributed by atoms with E-state index >= 15 is 0 Å². The Morgan fingerprint density at radius 2 is 1.88 bits per heavy atom. The van der Waals surface area contributed by atoms with E-state index in [9.17, 15) is 13.2 Å². The smallest absolute Gasteiger partial charge is 0.258 e. The van der Waals surface area contributed by atoms with Crippen molar-refractivity contribution >= 4 is 33.0 Å². The highest BCUT2D eigenvalue weighted by molar-refractivity contribution is 7.94. The van der Waals surface area contributed by atoms with Gasteiger partial charge in [0, 0.05) is 21.7 Å². The summed E-state index contributed by atoms with van der Waals surface area (Å²) in [6.07, 6.45) is 1.53. The van der Waals surface area contributed by atoms with Crippen molar-refractivity contribution in [1.29, 1.82) is 0 Å². The molecule has 0 N–H and O–H groups in total. The Kier molecular flexibility index (Phi) is 5.07. The lowest BCUT2D eigenvalue weighted by atomic mass is 10.1. The van der Waals surface area contributed by atoms with E-state index in [1.54, 1.807) is 49.6 Å². The van der Waals surface area contributed by atoms with E-state index in [1.165, 1.54) is 11.0 Å². The molecule has 0 bridgehead atoms. The normalized spacial score (nSPS) is 17.9. The van der Waals surface area contributed by atoms with Crippen molar-refractivity contribution in [2.45, 2.75) is 13.0 Å². The van der Waals surface area contributed by atoms with Crippen LogP contribution in [0, 0.1) is 6.92 Å². The van der Waals surface area contributed by atoms with Crippen molar-refractivity contribution in [3.63, 3.8) is 0 Å². The molecular formula is C19H18ClNO4S. The number of aryl methyl sites for hydroxylation is 1. The standard InChI is InChI=1S/C19H18ClNO4S/c1-13-3-6-15(11-18(13)20)21(16-9-10-26(23,24)12-16)19(22)14-4-7-17(25-2)8-5-14/h3-11,16H,12H2,1-2H3/t16-/m1/s1. The number of hydrogen-bond donors (Lipinski definition) is 0. The van der Waals surface area contributed by atoms with Gasteiger partial charge < -0.3 is 9.64 Å². The van der Waals surface area contributed by atoms with Gasteiger partial charge in [0.15, 0.2) is 9.84 Å². The van der Waals surface area contributed by atoms with Crippen molar-refractivity contribution in [2.24, 2.45) is 0 Å². The second-order valence-electron chi connectivity index (χ2n) is 6.06. The van der Waals surface area contributed by atoms with Crippen LogP contribution in [0.5, 0.6) is 5.75 Å². The minimum Gasteiger partial charge on any atom is -0.497 e. The fraction of sp³-hybridized carbons (Fsp3) is 0.211. The van der Waals surface area contributed by atoms with E-state index in [0.717, 1.165) is 11.0 Å². The molecule has 0 spiro atoms. The van der Waals surface area contributed by atoms with Gasteiger partial charge in [-0.25, -0.2) is 8.42 Å². The molecule has 7 heteroatoms. The summed E-state index contributed by atoms with van der Waals surface area (Å²) in [6.45, 7) is 1.86. The van der Waals surface area contributed by atoms with Gasteiger partial charge in [0.1, 0.15) is 5.75 Å². The third-order valence-electron chi connectivity index (χ3n) is 4.23. The molecule has 136 valence electrons. The van der Waals surface area contributed by atoms with Crippen LogP contribution in [0.4, 0.5) is 5.69 Å². The zero-order valence-corrected chi connectivity index (χ0v) is 15.9. The molecule has 1 aliphatic rings. The first kappa shape index (κ1) is 18.5. The molecule has 2 aromatic rings. The number of carbonyl (C=O) groups is 1. The average molecular weight is 392 g/mol. The number of sulfone groups is 1. The molecule has 26 heavy (non-hydrogen) atoms. The molecule has 1 heterocycles. The SMILES string of the molecule is COc1ccc(C(=O)N(c2ccc(C)c(Cl)c2)[C@@H]2C=CS(=O)(=O)C2)cc1. The summed E-state index contributed by atoms with van der Waals surface area (Å²) in [5.74, 6) is 0.176. The number of halogens is 1. The number of hydrogen-bond acceptors (Lipinski definition) is 4. The Bertz CT molecular complexity index is 968. The van der Waals surface area contributed by atoms with Crippen LogP contribution in [0.15, 0.2) is 53.9 Å². The maximum atomic E-state index is 13.2. The minimum absolute atomic E-state index is 0.152. The van der Waals surface area contributed by atoms with E-state index in [1.807, 2.05) is 6.92 Å². The molecule has 0 saturated carbocycles. The van der Waals surface area contributed by atoms with Gasteiger partial charge in [-0.15, -0.1) is 0 Å². The largest absolute Gasteiger partial charge is 0.497 e. The summed E-state index contributed by atoms with van der Waals surface area (Å²) in [5, 5.41) is 1.67. The lowest BCUT2D eigenvalue weighted by Crippen LogP contribution is -2.41. The first-order valence-corrected chi connectivity index (χ1v) is 10.0. The molecular weight excluding hydrogens is 374 g/mol. The summed E-state index contributed by atoms with van der Waals surface area (Å²) in [4.78, 5) is 14.6. The van der Waals surface area contributed by atoms with Crippen molar-refractivity contribution in [3.8, 4) is 5.75 Å². The van der Waals surface area contributed by atoms with Gasteiger partial charge in [-0.3, -0.25) is 4.79 Å². The van der Waals surface area contributed by atoms with Crippen LogP contribution in [0.1, 0.15) is 15.9 Å². The number of anilines is 1. The highest BCUT2D eigenvalue weighted by atomic mass is 35.5. The van der Waals surface area contributed by atoms with E-state index in [2.05, 4.69) is 0 Å². The maximum Gasteiger partial charge on any atom is 0.258 e. The zero-order valence-electron chi connectivity index (χ0n) is 14.3. The second kappa shape index (κ2) is 7.13. The quantitative estimate of drug-likeness (QED) is 0.798. The summed E-state index contributed by atoms with van der Waals surface area (Å²) in [5.41, 5.74) is 1.86. The fourth-order valence-electron chi connectivity index (χ4n) is 2.78. The van der Waals surface area contributed by atoms with E-state index in [4.69, 9.17) is 16.3 Å². The number of methoxy groups -OCH3 is 1. The van der Waals surface area contributed by atoms with Crippen LogP contribution in [0.25, 0.3) is 0 Å². The fourth-order valence-corrected chi connectivity index (χ4v) is 4.23. The van der Waals surface area contributed by atoms with Crippen LogP contribution in [0.2, 0.25) is 5.02 Å². The van der Waals surface area contributed by atoms with E-state index in [-0.39, 0.29) is 11.7 Å². The predicted molar refractivity (Wildman–Crippen MR) is 103 cm³/mol. The van der Waals surface area contributed by atoms with Gasteiger partial charge in [-0.2, -0.15) is 0 Å². The third-order valence-corrected chi connectivity index (χ3v) is 6.02. The number of carbonyl (C=O) groups excluding carboxylic acids is 1. The molecule has 5 nitrogen and oxygen atoms in total. The number of benzene rings is 2. The number of nitrogens with zero attached hydrogens (tertiary/aromatic N) is 1. The Labute approximate surface area is 157 Å². The highest BCUT2D eigenvalue weighted by Crippen LogP contribution is 2.29. The molecule has 0 unspecified atom stereocenters. The molecule has 1 atom stereocenters. The highest BCUT2D eigenvalue weighted by Gasteiger charge is 2.32. The summed E-state index contributed by atoms with van der Waals surface area (Å²) in [7, 11) is -1.77. The topological polar surface area (TPSA) is 63.7 Å². The zero-order chi connectivity index (χ0) is 18.9. The first-order valence-electron chi connectivity index (χ1n) is 7.95. The Morgan fingerprint density at radius 3 is 2.42 bits per heavy atom. The summed E-state index contributed by atoms with van der Waals surface area (Å²) >= 11 is 6.22. The van der Waals surface area contributed by atoms with Gasteiger partial charge in [0.2, 0.25) is 0 Å². The number of ether oxygens (including phenoxy) is 1. The minimum atomic E-state index is -3.32. The van der Waals surface area contributed by atoms with Gasteiger partial charge in [0.05, 0.1) is 18.9 Å². The second-order valence-corrected chi connectivity index (χ2v) is 8.40. The molecule has 0 aliphatic carbocycles. The predicted octanol–water partition coefficient (Wildman–Crippen LogP) is 3.61. The average Bonchev–Trinajstić information content (AvgIpc) is 2.97.